The summed E-state index contributed by atoms with van der Waals surface area (Å²) in [5, 5.41) is 20.3. The SMILES string of the molecule is CCCCOCC1O[C@@H](O)C(O)[C@@H](OCCCC)[C@H]1OCCCC. The quantitative estimate of drug-likeness (QED) is 0.497. The summed E-state index contributed by atoms with van der Waals surface area (Å²) in [5.41, 5.74) is 0. The third-order valence-electron chi connectivity index (χ3n) is 4.17. The third-order valence-corrected chi connectivity index (χ3v) is 4.17. The van der Waals surface area contributed by atoms with E-state index in [4.69, 9.17) is 18.9 Å². The van der Waals surface area contributed by atoms with E-state index in [0.717, 1.165) is 38.5 Å². The summed E-state index contributed by atoms with van der Waals surface area (Å²) >= 11 is 0. The van der Waals surface area contributed by atoms with Crippen LogP contribution in [-0.2, 0) is 18.9 Å². The molecule has 1 fully saturated rings. The van der Waals surface area contributed by atoms with Crippen LogP contribution >= 0.6 is 0 Å². The Morgan fingerprint density at radius 3 is 1.92 bits per heavy atom. The van der Waals surface area contributed by atoms with Crippen molar-refractivity contribution in [3.8, 4) is 0 Å². The number of hydrogen-bond donors (Lipinski definition) is 2. The predicted molar refractivity (Wildman–Crippen MR) is 91.9 cm³/mol. The topological polar surface area (TPSA) is 77.4 Å². The Balaban J connectivity index is 2.68. The van der Waals surface area contributed by atoms with Gasteiger partial charge in [0.1, 0.15) is 24.4 Å². The van der Waals surface area contributed by atoms with E-state index in [0.29, 0.717) is 26.4 Å². The number of hydrogen-bond acceptors (Lipinski definition) is 6. The van der Waals surface area contributed by atoms with Gasteiger partial charge in [0.05, 0.1) is 6.61 Å². The second-order valence-electron chi connectivity index (χ2n) is 6.36. The fourth-order valence-electron chi connectivity index (χ4n) is 2.61. The monoisotopic (exact) mass is 348 g/mol. The first-order valence-electron chi connectivity index (χ1n) is 9.48. The summed E-state index contributed by atoms with van der Waals surface area (Å²) in [5.74, 6) is 0. The molecule has 0 bridgehead atoms. The molecule has 0 aliphatic carbocycles. The Hall–Kier alpha value is -0.240. The molecule has 6 heteroatoms. The molecule has 0 aromatic rings. The van der Waals surface area contributed by atoms with Crippen molar-refractivity contribution in [3.05, 3.63) is 0 Å². The number of aliphatic hydroxyl groups excluding tert-OH is 2. The summed E-state index contributed by atoms with van der Waals surface area (Å²) in [6.45, 7) is 8.37. The van der Waals surface area contributed by atoms with Gasteiger partial charge in [-0.1, -0.05) is 40.0 Å². The molecule has 0 aromatic carbocycles. The van der Waals surface area contributed by atoms with Gasteiger partial charge in [0, 0.05) is 19.8 Å². The molecule has 0 aromatic heterocycles. The van der Waals surface area contributed by atoms with E-state index in [9.17, 15) is 10.2 Å². The molecule has 1 heterocycles. The van der Waals surface area contributed by atoms with Gasteiger partial charge in [0.25, 0.3) is 0 Å². The second kappa shape index (κ2) is 13.0. The molecule has 0 saturated carbocycles. The lowest BCUT2D eigenvalue weighted by molar-refractivity contribution is -0.303. The molecule has 0 radical (unpaired) electrons. The van der Waals surface area contributed by atoms with Crippen LogP contribution in [0.1, 0.15) is 59.3 Å². The van der Waals surface area contributed by atoms with Gasteiger partial charge in [-0.25, -0.2) is 0 Å². The minimum atomic E-state index is -1.28. The van der Waals surface area contributed by atoms with E-state index in [1.807, 2.05) is 0 Å². The first kappa shape index (κ1) is 21.8. The summed E-state index contributed by atoms with van der Waals surface area (Å²) in [6, 6.07) is 0. The molecule has 1 aliphatic rings. The van der Waals surface area contributed by atoms with Gasteiger partial charge < -0.3 is 29.2 Å². The Labute approximate surface area is 146 Å². The molecular formula is C18H36O6. The fourth-order valence-corrected chi connectivity index (χ4v) is 2.61. The molecule has 0 spiro atoms. The van der Waals surface area contributed by atoms with Crippen molar-refractivity contribution >= 4 is 0 Å². The number of aliphatic hydroxyl groups is 2. The van der Waals surface area contributed by atoms with Crippen molar-refractivity contribution in [1.82, 2.24) is 0 Å². The maximum atomic E-state index is 10.3. The molecule has 0 amide bonds. The first-order chi connectivity index (χ1) is 11.7. The van der Waals surface area contributed by atoms with Crippen LogP contribution in [0.3, 0.4) is 0 Å². The number of ether oxygens (including phenoxy) is 4. The maximum Gasteiger partial charge on any atom is 0.184 e. The summed E-state index contributed by atoms with van der Waals surface area (Å²) in [7, 11) is 0. The lowest BCUT2D eigenvalue weighted by Gasteiger charge is -2.42. The van der Waals surface area contributed by atoms with Crippen molar-refractivity contribution in [2.75, 3.05) is 26.4 Å². The zero-order chi connectivity index (χ0) is 17.8. The highest BCUT2D eigenvalue weighted by molar-refractivity contribution is 4.91. The van der Waals surface area contributed by atoms with E-state index in [-0.39, 0.29) is 0 Å². The number of unbranched alkanes of at least 4 members (excludes halogenated alkanes) is 3. The second-order valence-corrected chi connectivity index (χ2v) is 6.36. The van der Waals surface area contributed by atoms with Crippen molar-refractivity contribution in [2.45, 2.75) is 90.0 Å². The van der Waals surface area contributed by atoms with Crippen LogP contribution in [0.25, 0.3) is 0 Å². The minimum absolute atomic E-state index is 0.328. The molecule has 6 nitrogen and oxygen atoms in total. The Morgan fingerprint density at radius 1 is 0.792 bits per heavy atom. The predicted octanol–water partition coefficient (Wildman–Crippen LogP) is 2.25. The van der Waals surface area contributed by atoms with Crippen LogP contribution < -0.4 is 0 Å². The van der Waals surface area contributed by atoms with E-state index < -0.39 is 30.7 Å². The van der Waals surface area contributed by atoms with Gasteiger partial charge in [0.2, 0.25) is 0 Å². The Kier molecular flexibility index (Phi) is 11.8. The van der Waals surface area contributed by atoms with E-state index in [2.05, 4.69) is 20.8 Å². The molecule has 2 N–H and O–H groups in total. The van der Waals surface area contributed by atoms with Crippen LogP contribution in [0.15, 0.2) is 0 Å². The molecule has 24 heavy (non-hydrogen) atoms. The van der Waals surface area contributed by atoms with Crippen LogP contribution in [0, 0.1) is 0 Å². The van der Waals surface area contributed by atoms with E-state index >= 15 is 0 Å². The van der Waals surface area contributed by atoms with Gasteiger partial charge >= 0.3 is 0 Å². The molecule has 1 saturated heterocycles. The fraction of sp³-hybridized carbons (Fsp3) is 1.00. The highest BCUT2D eigenvalue weighted by Gasteiger charge is 2.46. The van der Waals surface area contributed by atoms with Gasteiger partial charge in [0.15, 0.2) is 6.29 Å². The van der Waals surface area contributed by atoms with Gasteiger partial charge in [-0.15, -0.1) is 0 Å². The highest BCUT2D eigenvalue weighted by Crippen LogP contribution is 2.26. The van der Waals surface area contributed by atoms with Gasteiger partial charge in [-0.05, 0) is 19.3 Å². The number of rotatable bonds is 13. The van der Waals surface area contributed by atoms with Crippen molar-refractivity contribution in [2.24, 2.45) is 0 Å². The molecule has 1 rings (SSSR count). The molecule has 144 valence electrons. The van der Waals surface area contributed by atoms with E-state index in [1.165, 1.54) is 0 Å². The van der Waals surface area contributed by atoms with Crippen molar-refractivity contribution < 1.29 is 29.2 Å². The summed E-state index contributed by atoms with van der Waals surface area (Å²) < 4.78 is 23.0. The highest BCUT2D eigenvalue weighted by atomic mass is 16.7. The molecule has 1 aliphatic heterocycles. The zero-order valence-corrected chi connectivity index (χ0v) is 15.5. The Bertz CT molecular complexity index is 301. The first-order valence-corrected chi connectivity index (χ1v) is 9.48. The third kappa shape index (κ3) is 7.33. The standard InChI is InChI=1S/C18H36O6/c1-4-7-10-21-13-14-16(22-11-8-5-2)17(23-12-9-6-3)15(19)18(20)24-14/h14-20H,4-13H2,1-3H3/t14?,15?,16-,17+,18+/m0/s1. The lowest BCUT2D eigenvalue weighted by Crippen LogP contribution is -2.60. The Morgan fingerprint density at radius 2 is 1.33 bits per heavy atom. The van der Waals surface area contributed by atoms with Crippen LogP contribution in [0.2, 0.25) is 0 Å². The summed E-state index contributed by atoms with van der Waals surface area (Å²) in [4.78, 5) is 0. The lowest BCUT2D eigenvalue weighted by atomic mass is 9.98. The van der Waals surface area contributed by atoms with Crippen LogP contribution in [0.4, 0.5) is 0 Å². The molecular weight excluding hydrogens is 312 g/mol. The van der Waals surface area contributed by atoms with Crippen molar-refractivity contribution in [3.63, 3.8) is 0 Å². The van der Waals surface area contributed by atoms with E-state index in [1.54, 1.807) is 0 Å². The summed E-state index contributed by atoms with van der Waals surface area (Å²) in [6.07, 6.45) is 2.04. The average Bonchev–Trinajstić information content (AvgIpc) is 2.58. The van der Waals surface area contributed by atoms with Gasteiger partial charge in [-0.3, -0.25) is 0 Å². The van der Waals surface area contributed by atoms with Gasteiger partial charge in [-0.2, -0.15) is 0 Å². The largest absolute Gasteiger partial charge is 0.385 e. The minimum Gasteiger partial charge on any atom is -0.385 e. The average molecular weight is 348 g/mol. The maximum absolute atomic E-state index is 10.3. The molecule has 5 atom stereocenters. The normalized spacial score (nSPS) is 30.6. The smallest absolute Gasteiger partial charge is 0.184 e. The van der Waals surface area contributed by atoms with Crippen molar-refractivity contribution in [1.29, 1.82) is 0 Å². The zero-order valence-electron chi connectivity index (χ0n) is 15.5. The molecule has 2 unspecified atom stereocenters. The van der Waals surface area contributed by atoms with Crippen LogP contribution in [0.5, 0.6) is 0 Å². The van der Waals surface area contributed by atoms with Crippen LogP contribution in [-0.4, -0.2) is 67.3 Å².